The molecular weight excluding hydrogens is 278 g/mol. The molecule has 0 aromatic carbocycles. The molecule has 0 radical (unpaired) electrons. The predicted molar refractivity (Wildman–Crippen MR) is 73.5 cm³/mol. The lowest BCUT2D eigenvalue weighted by atomic mass is 9.95. The van der Waals surface area contributed by atoms with E-state index in [4.69, 9.17) is 0 Å². The minimum absolute atomic E-state index is 0.0626. The molecule has 3 atom stereocenters. The molecule has 1 aromatic heterocycles. The third kappa shape index (κ3) is 2.17. The maximum Gasteiger partial charge on any atom is 0.260 e. The Labute approximate surface area is 119 Å². The smallest absolute Gasteiger partial charge is 0.260 e. The molecule has 20 heavy (non-hydrogen) atoms. The topological polar surface area (TPSA) is 75.4 Å². The quantitative estimate of drug-likeness (QED) is 0.893. The van der Waals surface area contributed by atoms with Crippen molar-refractivity contribution >= 4 is 10.0 Å². The maximum absolute atomic E-state index is 12.8. The Bertz CT molecular complexity index is 583. The van der Waals surface area contributed by atoms with Crippen LogP contribution in [-0.4, -0.2) is 46.3 Å². The Morgan fingerprint density at radius 1 is 1.30 bits per heavy atom. The number of nitrogens with zero attached hydrogens (tertiary/aromatic N) is 3. The molecule has 0 amide bonds. The summed E-state index contributed by atoms with van der Waals surface area (Å²) in [4.78, 5) is 0. The maximum atomic E-state index is 12.8. The predicted octanol–water partition coefficient (Wildman–Crippen LogP) is 0.734. The van der Waals surface area contributed by atoms with E-state index in [2.05, 4.69) is 5.10 Å². The second-order valence-electron chi connectivity index (χ2n) is 5.78. The monoisotopic (exact) mass is 299 g/mol. The summed E-state index contributed by atoms with van der Waals surface area (Å²) in [6.45, 7) is 0.543. The number of aromatic nitrogens is 2. The second kappa shape index (κ2) is 5.13. The van der Waals surface area contributed by atoms with Gasteiger partial charge < -0.3 is 5.11 Å². The van der Waals surface area contributed by atoms with Gasteiger partial charge in [-0.15, -0.1) is 0 Å². The van der Waals surface area contributed by atoms with Gasteiger partial charge in [-0.2, -0.15) is 9.40 Å². The van der Waals surface area contributed by atoms with E-state index in [1.54, 1.807) is 11.4 Å². The van der Waals surface area contributed by atoms with E-state index in [0.29, 0.717) is 6.54 Å². The van der Waals surface area contributed by atoms with E-state index in [0.717, 1.165) is 32.1 Å². The molecule has 1 aliphatic heterocycles. The normalized spacial score (nSPS) is 32.0. The summed E-state index contributed by atoms with van der Waals surface area (Å²) in [5, 5.41) is 14.3. The first-order valence-corrected chi connectivity index (χ1v) is 8.64. The second-order valence-corrected chi connectivity index (χ2v) is 7.62. The number of hydrogen-bond donors (Lipinski definition) is 1. The molecule has 0 bridgehead atoms. The molecule has 2 fully saturated rings. The molecular formula is C13H21N3O3S. The summed E-state index contributed by atoms with van der Waals surface area (Å²) in [5.41, 5.74) is 0. The van der Waals surface area contributed by atoms with Crippen molar-refractivity contribution in [2.75, 3.05) is 6.54 Å². The van der Waals surface area contributed by atoms with Crippen LogP contribution in [0.5, 0.6) is 0 Å². The molecule has 1 saturated heterocycles. The van der Waals surface area contributed by atoms with Gasteiger partial charge in [0.2, 0.25) is 0 Å². The average molecular weight is 299 g/mol. The Balaban J connectivity index is 1.90. The van der Waals surface area contributed by atoms with E-state index in [9.17, 15) is 13.5 Å². The zero-order valence-electron chi connectivity index (χ0n) is 11.6. The van der Waals surface area contributed by atoms with Crippen LogP contribution in [0.3, 0.4) is 0 Å². The SMILES string of the molecule is Cn1nccc1S(=O)(=O)N1CCCC1C1CCCC1O. The van der Waals surface area contributed by atoms with Gasteiger partial charge in [0.1, 0.15) is 0 Å². The highest BCUT2D eigenvalue weighted by atomic mass is 32.2. The van der Waals surface area contributed by atoms with Gasteiger partial charge in [-0.3, -0.25) is 4.68 Å². The number of aliphatic hydroxyl groups is 1. The fourth-order valence-electron chi connectivity index (χ4n) is 3.65. The highest BCUT2D eigenvalue weighted by molar-refractivity contribution is 7.89. The molecule has 3 unspecified atom stereocenters. The van der Waals surface area contributed by atoms with Gasteiger partial charge in [-0.1, -0.05) is 6.42 Å². The van der Waals surface area contributed by atoms with Crippen molar-refractivity contribution in [3.63, 3.8) is 0 Å². The van der Waals surface area contributed by atoms with Gasteiger partial charge in [0, 0.05) is 25.6 Å². The zero-order valence-corrected chi connectivity index (χ0v) is 12.5. The summed E-state index contributed by atoms with van der Waals surface area (Å²) >= 11 is 0. The molecule has 112 valence electrons. The Morgan fingerprint density at radius 2 is 2.10 bits per heavy atom. The van der Waals surface area contributed by atoms with Crippen LogP contribution in [0.1, 0.15) is 32.1 Å². The van der Waals surface area contributed by atoms with Crippen LogP contribution < -0.4 is 0 Å². The van der Waals surface area contributed by atoms with Crippen molar-refractivity contribution in [2.24, 2.45) is 13.0 Å². The molecule has 1 N–H and O–H groups in total. The summed E-state index contributed by atoms with van der Waals surface area (Å²) in [6, 6.07) is 1.47. The van der Waals surface area contributed by atoms with Gasteiger partial charge in [0.05, 0.1) is 12.3 Å². The Morgan fingerprint density at radius 3 is 2.70 bits per heavy atom. The van der Waals surface area contributed by atoms with Crippen LogP contribution in [-0.2, 0) is 17.1 Å². The summed E-state index contributed by atoms with van der Waals surface area (Å²) < 4.78 is 28.5. The Hall–Kier alpha value is -0.920. The minimum Gasteiger partial charge on any atom is -0.393 e. The van der Waals surface area contributed by atoms with E-state index in [1.807, 2.05) is 0 Å². The molecule has 2 aliphatic rings. The first-order valence-electron chi connectivity index (χ1n) is 7.20. The van der Waals surface area contributed by atoms with Gasteiger partial charge >= 0.3 is 0 Å². The summed E-state index contributed by atoms with van der Waals surface area (Å²) in [6.07, 6.45) is 5.56. The van der Waals surface area contributed by atoms with Crippen LogP contribution in [0, 0.1) is 5.92 Å². The van der Waals surface area contributed by atoms with Crippen LogP contribution in [0.2, 0.25) is 0 Å². The van der Waals surface area contributed by atoms with E-state index >= 15 is 0 Å². The molecule has 3 rings (SSSR count). The standard InChI is InChI=1S/C13H21N3O3S/c1-15-13(7-8-14-15)20(18,19)16-9-3-5-11(16)10-4-2-6-12(10)17/h7-8,10-12,17H,2-6,9H2,1H3. The molecule has 2 heterocycles. The molecule has 6 nitrogen and oxygen atoms in total. The van der Waals surface area contributed by atoms with Gasteiger partial charge in [0.15, 0.2) is 5.03 Å². The molecule has 1 saturated carbocycles. The summed E-state index contributed by atoms with van der Waals surface area (Å²) in [7, 11) is -1.87. The number of aryl methyl sites for hydroxylation is 1. The molecule has 1 aliphatic carbocycles. The lowest BCUT2D eigenvalue weighted by Gasteiger charge is -2.30. The lowest BCUT2D eigenvalue weighted by Crippen LogP contribution is -2.42. The van der Waals surface area contributed by atoms with Crippen LogP contribution in [0.15, 0.2) is 17.3 Å². The third-order valence-corrected chi connectivity index (χ3v) is 6.62. The van der Waals surface area contributed by atoms with Crippen LogP contribution in [0.25, 0.3) is 0 Å². The number of hydrogen-bond acceptors (Lipinski definition) is 4. The van der Waals surface area contributed by atoms with E-state index < -0.39 is 10.0 Å². The fourth-order valence-corrected chi connectivity index (χ4v) is 5.49. The zero-order chi connectivity index (χ0) is 14.3. The minimum atomic E-state index is -3.51. The summed E-state index contributed by atoms with van der Waals surface area (Å²) in [5.74, 6) is 0.0838. The van der Waals surface area contributed by atoms with Gasteiger partial charge in [-0.25, -0.2) is 8.42 Å². The largest absolute Gasteiger partial charge is 0.393 e. The fraction of sp³-hybridized carbons (Fsp3) is 0.769. The van der Waals surface area contributed by atoms with Crippen molar-refractivity contribution in [3.05, 3.63) is 12.3 Å². The molecule has 0 spiro atoms. The van der Waals surface area contributed by atoms with E-state index in [-0.39, 0.29) is 23.1 Å². The average Bonchev–Trinajstić information content (AvgIpc) is 3.07. The van der Waals surface area contributed by atoms with Crippen molar-refractivity contribution in [3.8, 4) is 0 Å². The van der Waals surface area contributed by atoms with Crippen LogP contribution >= 0.6 is 0 Å². The van der Waals surface area contributed by atoms with Crippen molar-refractivity contribution in [2.45, 2.75) is 49.3 Å². The van der Waals surface area contributed by atoms with Crippen molar-refractivity contribution < 1.29 is 13.5 Å². The van der Waals surface area contributed by atoms with Crippen molar-refractivity contribution in [1.29, 1.82) is 0 Å². The first kappa shape index (κ1) is 14.0. The third-order valence-electron chi connectivity index (χ3n) is 4.62. The van der Waals surface area contributed by atoms with E-state index in [1.165, 1.54) is 16.9 Å². The number of aliphatic hydroxyl groups excluding tert-OH is 1. The molecule has 7 heteroatoms. The number of rotatable bonds is 3. The highest BCUT2D eigenvalue weighted by Crippen LogP contribution is 2.38. The van der Waals surface area contributed by atoms with Crippen molar-refractivity contribution in [1.82, 2.24) is 14.1 Å². The highest BCUT2D eigenvalue weighted by Gasteiger charge is 2.44. The van der Waals surface area contributed by atoms with Gasteiger partial charge in [0.25, 0.3) is 10.0 Å². The van der Waals surface area contributed by atoms with Gasteiger partial charge in [-0.05, 0) is 31.7 Å². The first-order chi connectivity index (χ1) is 9.51. The lowest BCUT2D eigenvalue weighted by molar-refractivity contribution is 0.0973. The van der Waals surface area contributed by atoms with Crippen LogP contribution in [0.4, 0.5) is 0 Å². The number of sulfonamides is 1. The Kier molecular flexibility index (Phi) is 3.60. The molecule has 1 aromatic rings.